The average Bonchev–Trinajstić information content (AvgIpc) is 3.25. The molecule has 7 heteroatoms. The van der Waals surface area contributed by atoms with Gasteiger partial charge in [-0.05, 0) is 55.7 Å². The highest BCUT2D eigenvalue weighted by Crippen LogP contribution is 2.42. The van der Waals surface area contributed by atoms with Gasteiger partial charge in [0.2, 0.25) is 5.76 Å². The maximum Gasteiger partial charge on any atom is 0.297 e. The third-order valence-corrected chi connectivity index (χ3v) is 6.66. The first kappa shape index (κ1) is 18.7. The van der Waals surface area contributed by atoms with Gasteiger partial charge in [-0.1, -0.05) is 13.0 Å². The number of rotatable bonds is 3. The van der Waals surface area contributed by atoms with Gasteiger partial charge in [0.1, 0.15) is 5.58 Å². The Hall–Kier alpha value is -3.32. The van der Waals surface area contributed by atoms with Crippen molar-refractivity contribution in [2.24, 2.45) is 0 Å². The minimum Gasteiger partial charge on any atom is -0.450 e. The van der Waals surface area contributed by atoms with E-state index in [2.05, 4.69) is 9.97 Å². The fourth-order valence-corrected chi connectivity index (χ4v) is 4.79. The summed E-state index contributed by atoms with van der Waals surface area (Å²) < 4.78 is 6.01. The van der Waals surface area contributed by atoms with Crippen LogP contribution in [0, 0.1) is 13.8 Å². The molecule has 5 rings (SSSR count). The monoisotopic (exact) mass is 417 g/mol. The summed E-state index contributed by atoms with van der Waals surface area (Å²) in [6, 6.07) is 8.58. The first-order chi connectivity index (χ1) is 14.5. The quantitative estimate of drug-likeness (QED) is 0.488. The molecule has 30 heavy (non-hydrogen) atoms. The van der Waals surface area contributed by atoms with Crippen LogP contribution in [-0.4, -0.2) is 15.9 Å². The number of aromatic nitrogens is 2. The second kappa shape index (κ2) is 6.88. The topological polar surface area (TPSA) is 76.3 Å². The fraction of sp³-hybridized carbons (Fsp3) is 0.217. The first-order valence-electron chi connectivity index (χ1n) is 9.76. The summed E-state index contributed by atoms with van der Waals surface area (Å²) in [7, 11) is 0. The van der Waals surface area contributed by atoms with Gasteiger partial charge >= 0.3 is 0 Å². The van der Waals surface area contributed by atoms with Crippen LogP contribution in [0.4, 0.5) is 5.13 Å². The lowest BCUT2D eigenvalue weighted by Crippen LogP contribution is -2.29. The SMILES string of the molecule is CCc1ccc2oc3c(c(=O)c2c1)C(c1ccncc1)N(c1nc(C)c(C)s1)C3=O. The number of hydrogen-bond acceptors (Lipinski definition) is 6. The Balaban J connectivity index is 1.82. The molecule has 0 aliphatic carbocycles. The Labute approximate surface area is 176 Å². The summed E-state index contributed by atoms with van der Waals surface area (Å²) in [6.07, 6.45) is 4.13. The van der Waals surface area contributed by atoms with Crippen LogP contribution in [0.3, 0.4) is 0 Å². The van der Waals surface area contributed by atoms with Crippen molar-refractivity contribution in [1.29, 1.82) is 0 Å². The Morgan fingerprint density at radius 3 is 2.57 bits per heavy atom. The smallest absolute Gasteiger partial charge is 0.297 e. The van der Waals surface area contributed by atoms with Crippen LogP contribution >= 0.6 is 11.3 Å². The molecule has 0 spiro atoms. The lowest BCUT2D eigenvalue weighted by Gasteiger charge is -2.22. The Bertz CT molecular complexity index is 1340. The van der Waals surface area contributed by atoms with E-state index in [1.54, 1.807) is 23.4 Å². The molecule has 150 valence electrons. The number of carbonyl (C=O) groups is 1. The molecule has 1 atom stereocenters. The number of amides is 1. The first-order valence-corrected chi connectivity index (χ1v) is 10.6. The van der Waals surface area contributed by atoms with Crippen LogP contribution in [0.1, 0.15) is 50.8 Å². The molecule has 0 N–H and O–H groups in total. The number of hydrogen-bond donors (Lipinski definition) is 0. The van der Waals surface area contributed by atoms with Crippen LogP contribution in [0.15, 0.2) is 51.9 Å². The zero-order valence-electron chi connectivity index (χ0n) is 16.8. The number of nitrogens with zero attached hydrogens (tertiary/aromatic N) is 3. The third-order valence-electron chi connectivity index (χ3n) is 5.59. The molecule has 1 amide bonds. The molecule has 4 heterocycles. The average molecular weight is 417 g/mol. The number of anilines is 1. The van der Waals surface area contributed by atoms with Crippen molar-refractivity contribution in [3.8, 4) is 0 Å². The summed E-state index contributed by atoms with van der Waals surface area (Å²) >= 11 is 1.44. The summed E-state index contributed by atoms with van der Waals surface area (Å²) in [5, 5.41) is 1.05. The molecule has 4 aromatic rings. The predicted octanol–water partition coefficient (Wildman–Crippen LogP) is 4.57. The van der Waals surface area contributed by atoms with Gasteiger partial charge in [0, 0.05) is 17.3 Å². The van der Waals surface area contributed by atoms with Crippen molar-refractivity contribution in [3.63, 3.8) is 0 Å². The van der Waals surface area contributed by atoms with Crippen molar-refractivity contribution in [2.75, 3.05) is 4.90 Å². The van der Waals surface area contributed by atoms with Gasteiger partial charge in [0.15, 0.2) is 10.6 Å². The zero-order chi connectivity index (χ0) is 21.0. The molecule has 3 aromatic heterocycles. The number of fused-ring (bicyclic) bond motifs is 2. The van der Waals surface area contributed by atoms with E-state index in [-0.39, 0.29) is 17.1 Å². The molecule has 1 aliphatic rings. The molecular weight excluding hydrogens is 398 g/mol. The Kier molecular flexibility index (Phi) is 4.29. The molecule has 0 saturated heterocycles. The highest BCUT2D eigenvalue weighted by molar-refractivity contribution is 7.15. The minimum atomic E-state index is -0.605. The molecule has 0 fully saturated rings. The second-order valence-electron chi connectivity index (χ2n) is 7.35. The molecule has 1 unspecified atom stereocenters. The van der Waals surface area contributed by atoms with E-state index in [9.17, 15) is 9.59 Å². The predicted molar refractivity (Wildman–Crippen MR) is 116 cm³/mol. The standard InChI is InChI=1S/C23H19N3O3S/c1-4-14-5-6-17-16(11-14)20(27)18-19(15-7-9-24-10-8-15)26(22(28)21(18)29-17)23-25-12(2)13(3)30-23/h5-11,19H,4H2,1-3H3. The second-order valence-corrected chi connectivity index (χ2v) is 8.54. The van der Waals surface area contributed by atoms with Crippen LogP contribution < -0.4 is 10.3 Å². The Morgan fingerprint density at radius 1 is 1.13 bits per heavy atom. The van der Waals surface area contributed by atoms with E-state index in [0.29, 0.717) is 21.7 Å². The van der Waals surface area contributed by atoms with Gasteiger partial charge in [-0.25, -0.2) is 4.98 Å². The summed E-state index contributed by atoms with van der Waals surface area (Å²) in [4.78, 5) is 38.3. The van der Waals surface area contributed by atoms with Crippen molar-refractivity contribution in [3.05, 3.63) is 86.0 Å². The molecule has 1 aliphatic heterocycles. The number of thiazole rings is 1. The van der Waals surface area contributed by atoms with Gasteiger partial charge in [0.05, 0.1) is 22.7 Å². The zero-order valence-corrected chi connectivity index (χ0v) is 17.6. The van der Waals surface area contributed by atoms with Crippen LogP contribution in [0.25, 0.3) is 11.0 Å². The lowest BCUT2D eigenvalue weighted by molar-refractivity contribution is 0.0971. The number of benzene rings is 1. The molecule has 0 radical (unpaired) electrons. The van der Waals surface area contributed by atoms with Crippen LogP contribution in [0.2, 0.25) is 0 Å². The van der Waals surface area contributed by atoms with E-state index in [1.807, 2.05) is 45.0 Å². The fourth-order valence-electron chi connectivity index (χ4n) is 3.86. The van der Waals surface area contributed by atoms with E-state index < -0.39 is 6.04 Å². The number of carbonyl (C=O) groups excluding carboxylic acids is 1. The van der Waals surface area contributed by atoms with E-state index >= 15 is 0 Å². The summed E-state index contributed by atoms with van der Waals surface area (Å²) in [6.45, 7) is 5.92. The third kappa shape index (κ3) is 2.69. The maximum absolute atomic E-state index is 13.6. The molecule has 0 bridgehead atoms. The minimum absolute atomic E-state index is 0.0871. The molecular formula is C23H19N3O3S. The van der Waals surface area contributed by atoms with E-state index in [4.69, 9.17) is 4.42 Å². The number of pyridine rings is 1. The Morgan fingerprint density at radius 2 is 1.90 bits per heavy atom. The highest BCUT2D eigenvalue weighted by Gasteiger charge is 2.45. The van der Waals surface area contributed by atoms with Crippen LogP contribution in [-0.2, 0) is 6.42 Å². The van der Waals surface area contributed by atoms with Gasteiger partial charge < -0.3 is 4.42 Å². The van der Waals surface area contributed by atoms with E-state index in [1.165, 1.54) is 11.3 Å². The lowest BCUT2D eigenvalue weighted by atomic mass is 9.99. The van der Waals surface area contributed by atoms with Crippen LogP contribution in [0.5, 0.6) is 0 Å². The summed E-state index contributed by atoms with van der Waals surface area (Å²) in [5.41, 5.74) is 3.31. The molecule has 6 nitrogen and oxygen atoms in total. The van der Waals surface area contributed by atoms with Gasteiger partial charge in [0.25, 0.3) is 5.91 Å². The van der Waals surface area contributed by atoms with Gasteiger partial charge in [-0.15, -0.1) is 11.3 Å². The van der Waals surface area contributed by atoms with Crippen molar-refractivity contribution in [2.45, 2.75) is 33.2 Å². The molecule has 1 aromatic carbocycles. The van der Waals surface area contributed by atoms with Gasteiger partial charge in [-0.3, -0.25) is 19.5 Å². The van der Waals surface area contributed by atoms with Crippen molar-refractivity contribution >= 4 is 33.3 Å². The maximum atomic E-state index is 13.6. The largest absolute Gasteiger partial charge is 0.450 e. The number of aryl methyl sites for hydroxylation is 3. The van der Waals surface area contributed by atoms with Crippen molar-refractivity contribution in [1.82, 2.24) is 9.97 Å². The van der Waals surface area contributed by atoms with E-state index in [0.717, 1.165) is 28.1 Å². The normalized spacial score (nSPS) is 15.8. The van der Waals surface area contributed by atoms with Gasteiger partial charge in [-0.2, -0.15) is 0 Å². The molecule has 0 saturated carbocycles. The highest BCUT2D eigenvalue weighted by atomic mass is 32.1. The van der Waals surface area contributed by atoms with Crippen molar-refractivity contribution < 1.29 is 9.21 Å². The summed E-state index contributed by atoms with van der Waals surface area (Å²) in [5.74, 6) is -0.261.